The number of aliphatic hydroxyl groups excluding tert-OH is 1. The number of benzene rings is 2. The van der Waals surface area contributed by atoms with Gasteiger partial charge in [-0.1, -0.05) is 42.5 Å². The molecule has 4 aromatic rings. The zero-order valence-corrected chi connectivity index (χ0v) is 21.1. The molecule has 8 nitrogen and oxygen atoms in total. The predicted octanol–water partition coefficient (Wildman–Crippen LogP) is 4.66. The van der Waals surface area contributed by atoms with Crippen LogP contribution in [-0.4, -0.2) is 36.7 Å². The molecular weight excluding hydrogens is 474 g/mol. The van der Waals surface area contributed by atoms with Crippen molar-refractivity contribution in [3.05, 3.63) is 93.4 Å². The van der Waals surface area contributed by atoms with Gasteiger partial charge < -0.3 is 15.5 Å². The standard InChI is InChI=1S/C27H27N5O3S/c1-15-21(14-33)36-26-22(15)24(29-23(16(2)27(34)35)25-31-30-17(3)32(25)26)19-9-11-20(12-10-19)28-13-18-7-5-4-6-8-18/h4-12,16,23,28,33H,13-14H2,1-3H3,(H,34,35)/t16-,23?/m0/s1. The first-order valence-corrected chi connectivity index (χ1v) is 12.5. The van der Waals surface area contributed by atoms with Crippen molar-refractivity contribution in [1.82, 2.24) is 14.8 Å². The maximum atomic E-state index is 12.0. The van der Waals surface area contributed by atoms with Gasteiger partial charge in [-0.2, -0.15) is 0 Å². The van der Waals surface area contributed by atoms with Crippen molar-refractivity contribution in [3.63, 3.8) is 0 Å². The SMILES string of the molecule is Cc1c(CO)sc2c1C(c1ccc(NCc3ccccc3)cc1)=NC([C@H](C)C(=O)O)c1nnc(C)n1-2. The number of aromatic nitrogens is 3. The number of nitrogens with one attached hydrogen (secondary N) is 1. The van der Waals surface area contributed by atoms with Gasteiger partial charge in [0.2, 0.25) is 0 Å². The first kappa shape index (κ1) is 23.9. The number of thiophene rings is 1. The molecule has 0 radical (unpaired) electrons. The number of carboxylic acids is 1. The highest BCUT2D eigenvalue weighted by Gasteiger charge is 2.36. The molecule has 2 aromatic heterocycles. The van der Waals surface area contributed by atoms with Crippen LogP contribution in [0.25, 0.3) is 5.00 Å². The Morgan fingerprint density at radius 2 is 1.83 bits per heavy atom. The van der Waals surface area contributed by atoms with Crippen LogP contribution in [0.3, 0.4) is 0 Å². The van der Waals surface area contributed by atoms with E-state index in [2.05, 4.69) is 27.6 Å². The Morgan fingerprint density at radius 1 is 1.11 bits per heavy atom. The lowest BCUT2D eigenvalue weighted by Crippen LogP contribution is -2.21. The summed E-state index contributed by atoms with van der Waals surface area (Å²) in [5.41, 5.74) is 5.51. The van der Waals surface area contributed by atoms with Crippen LogP contribution in [0.1, 0.15) is 51.7 Å². The molecule has 1 aliphatic heterocycles. The van der Waals surface area contributed by atoms with E-state index in [9.17, 15) is 15.0 Å². The van der Waals surface area contributed by atoms with Gasteiger partial charge >= 0.3 is 5.97 Å². The van der Waals surface area contributed by atoms with Crippen LogP contribution in [0.15, 0.2) is 59.6 Å². The minimum atomic E-state index is -0.950. The predicted molar refractivity (Wildman–Crippen MR) is 140 cm³/mol. The average Bonchev–Trinajstić information content (AvgIpc) is 3.38. The molecule has 3 heterocycles. The number of carbonyl (C=O) groups is 1. The second-order valence-corrected chi connectivity index (χ2v) is 9.98. The van der Waals surface area contributed by atoms with Gasteiger partial charge in [0, 0.05) is 28.2 Å². The zero-order valence-electron chi connectivity index (χ0n) is 20.3. The van der Waals surface area contributed by atoms with Crippen molar-refractivity contribution in [1.29, 1.82) is 0 Å². The van der Waals surface area contributed by atoms with Gasteiger partial charge in [-0.15, -0.1) is 21.5 Å². The van der Waals surface area contributed by atoms with Crippen LogP contribution in [0.5, 0.6) is 0 Å². The number of anilines is 1. The summed E-state index contributed by atoms with van der Waals surface area (Å²) in [5.74, 6) is -0.614. The number of nitrogens with zero attached hydrogens (tertiary/aromatic N) is 4. The van der Waals surface area contributed by atoms with Gasteiger partial charge in [0.25, 0.3) is 0 Å². The Kier molecular flexibility index (Phi) is 6.42. The van der Waals surface area contributed by atoms with Gasteiger partial charge in [0.05, 0.1) is 18.2 Å². The molecule has 3 N–H and O–H groups in total. The lowest BCUT2D eigenvalue weighted by Gasteiger charge is -2.16. The lowest BCUT2D eigenvalue weighted by atomic mass is 9.98. The fourth-order valence-electron chi connectivity index (χ4n) is 4.45. The van der Waals surface area contributed by atoms with Gasteiger partial charge in [-0.05, 0) is 44.0 Å². The largest absolute Gasteiger partial charge is 0.481 e. The van der Waals surface area contributed by atoms with E-state index in [1.165, 1.54) is 16.9 Å². The second-order valence-electron chi connectivity index (χ2n) is 8.90. The molecule has 184 valence electrons. The summed E-state index contributed by atoms with van der Waals surface area (Å²) in [6.45, 7) is 6.07. The van der Waals surface area contributed by atoms with Crippen LogP contribution in [0, 0.1) is 19.8 Å². The van der Waals surface area contributed by atoms with E-state index in [0.29, 0.717) is 23.9 Å². The highest BCUT2D eigenvalue weighted by molar-refractivity contribution is 7.15. The maximum Gasteiger partial charge on any atom is 0.308 e. The van der Waals surface area contributed by atoms with Crippen molar-refractivity contribution >= 4 is 28.7 Å². The van der Waals surface area contributed by atoms with Crippen molar-refractivity contribution in [2.24, 2.45) is 10.9 Å². The molecule has 0 saturated heterocycles. The first-order valence-electron chi connectivity index (χ1n) is 11.7. The molecule has 0 fully saturated rings. The quantitative estimate of drug-likeness (QED) is 0.339. The molecule has 36 heavy (non-hydrogen) atoms. The Labute approximate surface area is 213 Å². The lowest BCUT2D eigenvalue weighted by molar-refractivity contribution is -0.141. The minimum Gasteiger partial charge on any atom is -0.481 e. The molecule has 0 aliphatic carbocycles. The van der Waals surface area contributed by atoms with E-state index < -0.39 is 17.9 Å². The van der Waals surface area contributed by atoms with Crippen LogP contribution in [0.4, 0.5) is 5.69 Å². The molecule has 1 unspecified atom stereocenters. The third-order valence-corrected chi connectivity index (χ3v) is 7.82. The first-order chi connectivity index (χ1) is 17.4. The van der Waals surface area contributed by atoms with Crippen LogP contribution >= 0.6 is 11.3 Å². The molecule has 9 heteroatoms. The summed E-state index contributed by atoms with van der Waals surface area (Å²) >= 11 is 1.46. The van der Waals surface area contributed by atoms with E-state index in [0.717, 1.165) is 32.3 Å². The van der Waals surface area contributed by atoms with Gasteiger partial charge in [-0.3, -0.25) is 14.4 Å². The van der Waals surface area contributed by atoms with Gasteiger partial charge in [-0.25, -0.2) is 0 Å². The number of aliphatic imine (C=N–C) groups is 1. The summed E-state index contributed by atoms with van der Waals surface area (Å²) < 4.78 is 1.89. The Morgan fingerprint density at radius 3 is 2.50 bits per heavy atom. The molecule has 0 spiro atoms. The molecule has 2 atom stereocenters. The summed E-state index contributed by atoms with van der Waals surface area (Å²) in [7, 11) is 0. The smallest absolute Gasteiger partial charge is 0.308 e. The van der Waals surface area contributed by atoms with Crippen LogP contribution in [0.2, 0.25) is 0 Å². The van der Waals surface area contributed by atoms with E-state index in [4.69, 9.17) is 4.99 Å². The number of rotatable bonds is 7. The molecule has 5 rings (SSSR count). The Bertz CT molecular complexity index is 1440. The van der Waals surface area contributed by atoms with Crippen molar-refractivity contribution in [2.45, 2.75) is 40.0 Å². The number of aryl methyl sites for hydroxylation is 1. The topological polar surface area (TPSA) is 113 Å². The van der Waals surface area contributed by atoms with E-state index in [-0.39, 0.29) is 6.61 Å². The summed E-state index contributed by atoms with van der Waals surface area (Å²) in [6.07, 6.45) is 0. The number of fused-ring (bicyclic) bond motifs is 3. The average molecular weight is 502 g/mol. The Hall–Kier alpha value is -3.82. The van der Waals surface area contributed by atoms with Crippen molar-refractivity contribution < 1.29 is 15.0 Å². The third kappa shape index (κ3) is 4.20. The summed E-state index contributed by atoms with van der Waals surface area (Å²) in [6, 6.07) is 17.5. The number of aliphatic hydroxyl groups is 1. The third-order valence-electron chi connectivity index (χ3n) is 6.55. The molecule has 0 bridgehead atoms. The molecule has 2 aromatic carbocycles. The van der Waals surface area contributed by atoms with Crippen molar-refractivity contribution in [2.75, 3.05) is 5.32 Å². The number of hydrogen-bond acceptors (Lipinski definition) is 7. The fourth-order valence-corrected chi connectivity index (χ4v) is 5.67. The fraction of sp³-hybridized carbons (Fsp3) is 0.259. The second kappa shape index (κ2) is 9.67. The highest BCUT2D eigenvalue weighted by atomic mass is 32.1. The summed E-state index contributed by atoms with van der Waals surface area (Å²) in [5, 5.41) is 32.7. The molecule has 0 saturated carbocycles. The molecule has 1 aliphatic rings. The molecular formula is C27H27N5O3S. The normalized spacial score (nSPS) is 15.4. The number of aliphatic carboxylic acids is 1. The van der Waals surface area contributed by atoms with Gasteiger partial charge in [0.15, 0.2) is 5.82 Å². The zero-order chi connectivity index (χ0) is 25.4. The monoisotopic (exact) mass is 501 g/mol. The van der Waals surface area contributed by atoms with E-state index in [1.54, 1.807) is 6.92 Å². The minimum absolute atomic E-state index is 0.0927. The van der Waals surface area contributed by atoms with Crippen LogP contribution in [-0.2, 0) is 17.9 Å². The van der Waals surface area contributed by atoms with Gasteiger partial charge in [0.1, 0.15) is 16.9 Å². The maximum absolute atomic E-state index is 12.0. The number of carboxylic acid groups (broad SMARTS) is 1. The van der Waals surface area contributed by atoms with E-state index in [1.807, 2.05) is 60.9 Å². The van der Waals surface area contributed by atoms with E-state index >= 15 is 0 Å². The summed E-state index contributed by atoms with van der Waals surface area (Å²) in [4.78, 5) is 17.9. The highest BCUT2D eigenvalue weighted by Crippen LogP contribution is 2.41. The van der Waals surface area contributed by atoms with Crippen molar-refractivity contribution in [3.8, 4) is 5.00 Å². The molecule has 0 amide bonds. The van der Waals surface area contributed by atoms with Crippen LogP contribution < -0.4 is 5.32 Å². The number of hydrogen-bond donors (Lipinski definition) is 3. The Balaban J connectivity index is 1.60.